The second kappa shape index (κ2) is 9.28. The molecule has 0 N–H and O–H groups in total. The van der Waals surface area contributed by atoms with E-state index >= 15 is 0 Å². The average Bonchev–Trinajstić information content (AvgIpc) is 2.64. The van der Waals surface area contributed by atoms with E-state index < -0.39 is 0 Å². The minimum Gasteiger partial charge on any atom is -0.294 e. The van der Waals surface area contributed by atoms with Gasteiger partial charge < -0.3 is 0 Å². The lowest BCUT2D eigenvalue weighted by Crippen LogP contribution is -2.29. The fraction of sp³-hybridized carbons (Fsp3) is 0.333. The van der Waals surface area contributed by atoms with Gasteiger partial charge >= 0.3 is 0 Å². The van der Waals surface area contributed by atoms with Gasteiger partial charge in [0.05, 0.1) is 0 Å². The fourth-order valence-electron chi connectivity index (χ4n) is 3.28. The number of hydrogen-bond acceptors (Lipinski definition) is 2. The first-order chi connectivity index (χ1) is 12.4. The van der Waals surface area contributed by atoms with Gasteiger partial charge in [-0.25, -0.2) is 0 Å². The molecule has 136 valence electrons. The molecule has 0 saturated carbocycles. The second-order valence-electron chi connectivity index (χ2n) is 7.40. The molecular formula is C24H28O2. The van der Waals surface area contributed by atoms with Crippen molar-refractivity contribution in [1.29, 1.82) is 0 Å². The summed E-state index contributed by atoms with van der Waals surface area (Å²) >= 11 is 0. The number of carbonyl (C=O) groups is 2. The van der Waals surface area contributed by atoms with Gasteiger partial charge in [-0.1, -0.05) is 86.2 Å². The summed E-state index contributed by atoms with van der Waals surface area (Å²) in [5.74, 6) is 0.0694. The molecule has 2 aromatic rings. The Morgan fingerprint density at radius 1 is 0.846 bits per heavy atom. The van der Waals surface area contributed by atoms with Crippen LogP contribution in [0, 0.1) is 17.8 Å². The number of benzene rings is 2. The molecule has 0 aromatic heterocycles. The molecule has 0 radical (unpaired) electrons. The molecule has 0 heterocycles. The summed E-state index contributed by atoms with van der Waals surface area (Å²) in [6.07, 6.45) is 2.40. The van der Waals surface area contributed by atoms with E-state index in [0.717, 1.165) is 5.57 Å². The van der Waals surface area contributed by atoms with Crippen molar-refractivity contribution >= 4 is 11.6 Å². The molecule has 0 spiro atoms. The molecule has 2 atom stereocenters. The third kappa shape index (κ3) is 5.26. The van der Waals surface area contributed by atoms with Crippen molar-refractivity contribution in [3.8, 4) is 0 Å². The van der Waals surface area contributed by atoms with Gasteiger partial charge in [0.1, 0.15) is 0 Å². The Bertz CT molecular complexity index is 753. The zero-order chi connectivity index (χ0) is 19.1. The monoisotopic (exact) mass is 348 g/mol. The van der Waals surface area contributed by atoms with Gasteiger partial charge in [0.2, 0.25) is 0 Å². The summed E-state index contributed by atoms with van der Waals surface area (Å²) in [5, 5.41) is 0. The van der Waals surface area contributed by atoms with Crippen molar-refractivity contribution in [2.24, 2.45) is 17.8 Å². The normalized spacial score (nSPS) is 13.1. The molecule has 0 bridgehead atoms. The van der Waals surface area contributed by atoms with Crippen LogP contribution in [0.15, 0.2) is 72.3 Å². The van der Waals surface area contributed by atoms with E-state index in [4.69, 9.17) is 0 Å². The molecule has 26 heavy (non-hydrogen) atoms. The number of allylic oxidation sites excluding steroid dienone is 2. The summed E-state index contributed by atoms with van der Waals surface area (Å²) in [6, 6.07) is 18.7. The van der Waals surface area contributed by atoms with Gasteiger partial charge in [-0.05, 0) is 25.7 Å². The lowest BCUT2D eigenvalue weighted by Gasteiger charge is -2.27. The van der Waals surface area contributed by atoms with Crippen molar-refractivity contribution in [2.75, 3.05) is 0 Å². The minimum atomic E-state index is -0.296. The van der Waals surface area contributed by atoms with Crippen LogP contribution in [0.1, 0.15) is 54.8 Å². The Morgan fingerprint density at radius 3 is 1.81 bits per heavy atom. The number of carbonyl (C=O) groups excluding carboxylic acids is 2. The highest BCUT2D eigenvalue weighted by Crippen LogP contribution is 2.31. The zero-order valence-electron chi connectivity index (χ0n) is 16.1. The number of rotatable bonds is 8. The lowest BCUT2D eigenvalue weighted by atomic mass is 9.75. The first-order valence-electron chi connectivity index (χ1n) is 9.22. The minimum absolute atomic E-state index is 0.0367. The largest absolute Gasteiger partial charge is 0.294 e. The third-order valence-electron chi connectivity index (χ3n) is 4.71. The van der Waals surface area contributed by atoms with Crippen LogP contribution < -0.4 is 0 Å². The van der Waals surface area contributed by atoms with Crippen molar-refractivity contribution in [3.63, 3.8) is 0 Å². The van der Waals surface area contributed by atoms with Crippen molar-refractivity contribution in [1.82, 2.24) is 0 Å². The maximum atomic E-state index is 13.2. The maximum Gasteiger partial charge on any atom is 0.170 e. The van der Waals surface area contributed by atoms with Crippen LogP contribution >= 0.6 is 0 Å². The van der Waals surface area contributed by atoms with Crippen molar-refractivity contribution in [3.05, 3.63) is 83.4 Å². The van der Waals surface area contributed by atoms with Crippen molar-refractivity contribution in [2.45, 2.75) is 34.1 Å². The summed E-state index contributed by atoms with van der Waals surface area (Å²) < 4.78 is 0. The molecular weight excluding hydrogens is 320 g/mol. The van der Waals surface area contributed by atoms with E-state index in [1.54, 1.807) is 0 Å². The van der Waals surface area contributed by atoms with E-state index in [2.05, 4.69) is 13.8 Å². The number of hydrogen-bond donors (Lipinski definition) is 0. The van der Waals surface area contributed by atoms with Gasteiger partial charge in [-0.3, -0.25) is 9.59 Å². The molecule has 0 saturated heterocycles. The molecule has 0 aliphatic carbocycles. The van der Waals surface area contributed by atoms with Crippen LogP contribution in [-0.4, -0.2) is 11.6 Å². The third-order valence-corrected chi connectivity index (χ3v) is 4.71. The van der Waals surface area contributed by atoms with Gasteiger partial charge in [0.15, 0.2) is 11.6 Å². The first-order valence-corrected chi connectivity index (χ1v) is 9.22. The summed E-state index contributed by atoms with van der Waals surface area (Å²) in [7, 11) is 0. The van der Waals surface area contributed by atoms with E-state index in [1.807, 2.05) is 80.6 Å². The van der Waals surface area contributed by atoms with Gasteiger partial charge in [0.25, 0.3) is 0 Å². The second-order valence-corrected chi connectivity index (χ2v) is 7.40. The van der Waals surface area contributed by atoms with E-state index in [-0.39, 0.29) is 29.3 Å². The Hall–Kier alpha value is -2.48. The van der Waals surface area contributed by atoms with Gasteiger partial charge in [0, 0.05) is 23.5 Å². The summed E-state index contributed by atoms with van der Waals surface area (Å²) in [5.41, 5.74) is 2.51. The van der Waals surface area contributed by atoms with Crippen LogP contribution in [-0.2, 0) is 0 Å². The quantitative estimate of drug-likeness (QED) is 0.433. The fourth-order valence-corrected chi connectivity index (χ4v) is 3.28. The summed E-state index contributed by atoms with van der Waals surface area (Å²) in [4.78, 5) is 26.0. The Balaban J connectivity index is 2.34. The Kier molecular flexibility index (Phi) is 7.08. The smallest absolute Gasteiger partial charge is 0.170 e. The van der Waals surface area contributed by atoms with E-state index in [1.165, 1.54) is 0 Å². The molecule has 0 unspecified atom stereocenters. The van der Waals surface area contributed by atoms with Crippen LogP contribution in [0.3, 0.4) is 0 Å². The number of ketones is 2. The van der Waals surface area contributed by atoms with Crippen molar-refractivity contribution < 1.29 is 9.59 Å². The number of Topliss-reactive ketones (excluding diaryl/α,β-unsaturated/α-hetero) is 2. The molecule has 2 aromatic carbocycles. The summed E-state index contributed by atoms with van der Waals surface area (Å²) in [6.45, 7) is 8.18. The molecule has 2 nitrogen and oxygen atoms in total. The topological polar surface area (TPSA) is 34.1 Å². The highest BCUT2D eigenvalue weighted by atomic mass is 16.1. The Labute approximate surface area is 157 Å². The predicted octanol–water partition coefficient (Wildman–Crippen LogP) is 6.00. The molecule has 2 rings (SSSR count). The molecule has 0 fully saturated rings. The average molecular weight is 348 g/mol. The van der Waals surface area contributed by atoms with Gasteiger partial charge in [-0.2, -0.15) is 0 Å². The Morgan fingerprint density at radius 2 is 1.35 bits per heavy atom. The van der Waals surface area contributed by atoms with Crippen LogP contribution in [0.25, 0.3) is 0 Å². The molecule has 2 heteroatoms. The zero-order valence-corrected chi connectivity index (χ0v) is 16.1. The maximum absolute atomic E-state index is 13.2. The molecule has 0 aliphatic rings. The lowest BCUT2D eigenvalue weighted by molar-refractivity contribution is 0.0839. The van der Waals surface area contributed by atoms with Crippen LogP contribution in [0.5, 0.6) is 0 Å². The van der Waals surface area contributed by atoms with Gasteiger partial charge in [-0.15, -0.1) is 0 Å². The van der Waals surface area contributed by atoms with E-state index in [9.17, 15) is 9.59 Å². The highest BCUT2D eigenvalue weighted by molar-refractivity contribution is 6.00. The standard InChI is InChI=1S/C24H28O2/c1-17(2)15-22(24(26)20-13-9-6-10-14-20)21(18(3)4)16-23(25)19-11-7-5-8-12-19/h5-15,18,21-22H,16H2,1-4H3/t21-,22+/m1/s1. The predicted molar refractivity (Wildman–Crippen MR) is 107 cm³/mol. The molecule has 0 aliphatic heterocycles. The van der Waals surface area contributed by atoms with Crippen LogP contribution in [0.2, 0.25) is 0 Å². The molecule has 0 amide bonds. The SMILES string of the molecule is CC(C)=C[C@H](C(=O)c1ccccc1)[C@H](CC(=O)c1ccccc1)C(C)C. The first kappa shape index (κ1) is 19.8. The highest BCUT2D eigenvalue weighted by Gasteiger charge is 2.31. The van der Waals surface area contributed by atoms with Crippen LogP contribution in [0.4, 0.5) is 0 Å². The van der Waals surface area contributed by atoms with E-state index in [0.29, 0.717) is 17.5 Å².